The smallest absolute Gasteiger partial charge is 0.267 e. The van der Waals surface area contributed by atoms with Gasteiger partial charge >= 0.3 is 0 Å². The van der Waals surface area contributed by atoms with E-state index in [1.807, 2.05) is 11.6 Å². The standard InChI is InChI=1S/C29H34ClF3N2O4S/c1-18(20-11-22(30)14-23(31)12-20)35-9-7-29(33,8-10-35)17-39-16-21-13-26(32)25(15-24(21)19-3-4-19)27(36)34-40(37,38)28(2)5-6-28/h11-15,18-19H,3-10,16-17H2,1-2H3,(H,34,36). The van der Waals surface area contributed by atoms with Crippen LogP contribution >= 0.6 is 11.6 Å². The number of carbonyl (C=O) groups is 1. The summed E-state index contributed by atoms with van der Waals surface area (Å²) in [5, 5.41) is 0.320. The van der Waals surface area contributed by atoms with Crippen LogP contribution in [0.3, 0.4) is 0 Å². The summed E-state index contributed by atoms with van der Waals surface area (Å²) in [5.74, 6) is -2.10. The van der Waals surface area contributed by atoms with Crippen LogP contribution in [-0.4, -0.2) is 49.3 Å². The summed E-state index contributed by atoms with van der Waals surface area (Å²) in [4.78, 5) is 14.8. The number of hydrogen-bond acceptors (Lipinski definition) is 5. The molecule has 0 aromatic heterocycles. The molecule has 3 aliphatic rings. The number of halogens is 4. The number of hydrogen-bond donors (Lipinski definition) is 1. The van der Waals surface area contributed by atoms with Crippen molar-refractivity contribution in [1.82, 2.24) is 9.62 Å². The lowest BCUT2D eigenvalue weighted by Gasteiger charge is -2.39. The average molecular weight is 599 g/mol. The molecule has 1 atom stereocenters. The van der Waals surface area contributed by atoms with Crippen molar-refractivity contribution in [3.8, 4) is 0 Å². The minimum atomic E-state index is -3.90. The number of ether oxygens (including phenoxy) is 1. The average Bonchev–Trinajstić information content (AvgIpc) is 3.80. The van der Waals surface area contributed by atoms with Crippen LogP contribution in [0.25, 0.3) is 0 Å². The first-order valence-corrected chi connectivity index (χ1v) is 15.5. The molecular weight excluding hydrogens is 565 g/mol. The number of sulfonamides is 1. The van der Waals surface area contributed by atoms with Gasteiger partial charge in [0, 0.05) is 24.2 Å². The molecular formula is C29H34ClF3N2O4S. The number of piperidine rings is 1. The van der Waals surface area contributed by atoms with E-state index in [0.717, 1.165) is 24.0 Å². The van der Waals surface area contributed by atoms with Crippen molar-refractivity contribution in [2.24, 2.45) is 0 Å². The molecule has 1 unspecified atom stereocenters. The molecule has 1 amide bonds. The third-order valence-electron chi connectivity index (χ3n) is 8.55. The number of amides is 1. The van der Waals surface area contributed by atoms with Gasteiger partial charge in [-0.05, 0) is 105 Å². The summed E-state index contributed by atoms with van der Waals surface area (Å²) in [6, 6.07) is 6.90. The highest BCUT2D eigenvalue weighted by Gasteiger charge is 2.51. The monoisotopic (exact) mass is 598 g/mol. The zero-order valence-corrected chi connectivity index (χ0v) is 24.2. The SMILES string of the molecule is CC(c1cc(F)cc(Cl)c1)N1CCC(F)(COCc2cc(F)c(C(=O)NS(=O)(=O)C3(C)CC3)cc2C2CC2)CC1. The Morgan fingerprint density at radius 2 is 1.80 bits per heavy atom. The summed E-state index contributed by atoms with van der Waals surface area (Å²) in [7, 11) is -3.90. The second-order valence-corrected chi connectivity index (χ2v) is 14.4. The van der Waals surface area contributed by atoms with E-state index in [0.29, 0.717) is 36.5 Å². The zero-order valence-electron chi connectivity index (χ0n) is 22.6. The molecule has 3 fully saturated rings. The van der Waals surface area contributed by atoms with Crippen LogP contribution in [0, 0.1) is 11.6 Å². The van der Waals surface area contributed by atoms with Gasteiger partial charge < -0.3 is 4.74 Å². The lowest BCUT2D eigenvalue weighted by molar-refractivity contribution is -0.0367. The second kappa shape index (κ2) is 10.9. The summed E-state index contributed by atoms with van der Waals surface area (Å²) >= 11 is 6.00. The fourth-order valence-corrected chi connectivity index (χ4v) is 6.75. The molecule has 1 N–H and O–H groups in total. The number of carbonyl (C=O) groups excluding carboxylic acids is 1. The molecule has 1 aliphatic heterocycles. The molecule has 11 heteroatoms. The lowest BCUT2D eigenvalue weighted by Crippen LogP contribution is -2.45. The maximum Gasteiger partial charge on any atom is 0.267 e. The molecule has 40 heavy (non-hydrogen) atoms. The van der Waals surface area contributed by atoms with Gasteiger partial charge in [0.1, 0.15) is 17.3 Å². The number of nitrogens with one attached hydrogen (secondary N) is 1. The van der Waals surface area contributed by atoms with E-state index in [1.54, 1.807) is 13.0 Å². The van der Waals surface area contributed by atoms with E-state index in [-0.39, 0.29) is 43.6 Å². The van der Waals surface area contributed by atoms with E-state index in [2.05, 4.69) is 4.90 Å². The van der Waals surface area contributed by atoms with Crippen LogP contribution in [0.4, 0.5) is 13.2 Å². The Morgan fingerprint density at radius 1 is 1.12 bits per heavy atom. The molecule has 2 aromatic carbocycles. The Kier molecular flexibility index (Phi) is 8.02. The fourth-order valence-electron chi connectivity index (χ4n) is 5.28. The molecule has 2 aromatic rings. The van der Waals surface area contributed by atoms with Gasteiger partial charge in [-0.3, -0.25) is 9.69 Å². The van der Waals surface area contributed by atoms with E-state index < -0.39 is 38.0 Å². The topological polar surface area (TPSA) is 75.7 Å². The van der Waals surface area contributed by atoms with E-state index in [1.165, 1.54) is 24.3 Å². The maximum absolute atomic E-state index is 15.6. The highest BCUT2D eigenvalue weighted by molar-refractivity contribution is 7.91. The largest absolute Gasteiger partial charge is 0.373 e. The van der Waals surface area contributed by atoms with Gasteiger partial charge in [-0.1, -0.05) is 11.6 Å². The molecule has 0 bridgehead atoms. The Hall–Kier alpha value is -2.14. The minimum absolute atomic E-state index is 0.0192. The highest BCUT2D eigenvalue weighted by atomic mass is 35.5. The van der Waals surface area contributed by atoms with Crippen LogP contribution < -0.4 is 4.72 Å². The molecule has 2 saturated carbocycles. The number of benzene rings is 2. The van der Waals surface area contributed by atoms with Crippen molar-refractivity contribution >= 4 is 27.5 Å². The highest BCUT2D eigenvalue weighted by Crippen LogP contribution is 2.44. The second-order valence-electron chi connectivity index (χ2n) is 11.7. The summed E-state index contributed by atoms with van der Waals surface area (Å²) in [6.45, 7) is 4.23. The van der Waals surface area contributed by atoms with Gasteiger partial charge in [0.15, 0.2) is 0 Å². The molecule has 218 valence electrons. The molecule has 2 aliphatic carbocycles. The number of nitrogens with zero attached hydrogens (tertiary/aromatic N) is 1. The van der Waals surface area contributed by atoms with Crippen LogP contribution in [-0.2, 0) is 21.4 Å². The number of likely N-dealkylation sites (tertiary alicyclic amines) is 1. The van der Waals surface area contributed by atoms with Crippen LogP contribution in [0.2, 0.25) is 5.02 Å². The quantitative estimate of drug-likeness (QED) is 0.353. The molecule has 6 nitrogen and oxygen atoms in total. The van der Waals surface area contributed by atoms with Crippen molar-refractivity contribution in [2.75, 3.05) is 19.7 Å². The van der Waals surface area contributed by atoms with Crippen molar-refractivity contribution in [1.29, 1.82) is 0 Å². The first kappa shape index (κ1) is 29.4. The lowest BCUT2D eigenvalue weighted by atomic mass is 9.92. The van der Waals surface area contributed by atoms with Gasteiger partial charge in [-0.15, -0.1) is 0 Å². The fraction of sp³-hybridized carbons (Fsp3) is 0.552. The Balaban J connectivity index is 1.19. The minimum Gasteiger partial charge on any atom is -0.373 e. The van der Waals surface area contributed by atoms with Crippen LogP contribution in [0.5, 0.6) is 0 Å². The molecule has 5 rings (SSSR count). The Morgan fingerprint density at radius 3 is 2.40 bits per heavy atom. The molecule has 0 spiro atoms. The first-order valence-electron chi connectivity index (χ1n) is 13.6. The Bertz CT molecular complexity index is 1380. The van der Waals surface area contributed by atoms with E-state index in [4.69, 9.17) is 16.3 Å². The maximum atomic E-state index is 15.6. The van der Waals surface area contributed by atoms with Crippen molar-refractivity contribution < 1.29 is 31.1 Å². The summed E-state index contributed by atoms with van der Waals surface area (Å²) in [5.41, 5.74) is 0.125. The van der Waals surface area contributed by atoms with Crippen molar-refractivity contribution in [3.05, 3.63) is 69.2 Å². The molecule has 1 saturated heterocycles. The van der Waals surface area contributed by atoms with Gasteiger partial charge in [0.05, 0.1) is 23.5 Å². The summed E-state index contributed by atoms with van der Waals surface area (Å²) < 4.78 is 76.1. The van der Waals surface area contributed by atoms with Gasteiger partial charge in [-0.2, -0.15) is 0 Å². The van der Waals surface area contributed by atoms with Crippen LogP contribution in [0.15, 0.2) is 30.3 Å². The first-order chi connectivity index (χ1) is 18.8. The third-order valence-corrected chi connectivity index (χ3v) is 10.9. The van der Waals surface area contributed by atoms with Crippen molar-refractivity contribution in [3.63, 3.8) is 0 Å². The summed E-state index contributed by atoms with van der Waals surface area (Å²) in [6.07, 6.45) is 3.11. The normalized spacial score (nSPS) is 21.1. The molecule has 1 heterocycles. The van der Waals surface area contributed by atoms with E-state index in [9.17, 15) is 22.0 Å². The van der Waals surface area contributed by atoms with Gasteiger partial charge in [0.2, 0.25) is 10.0 Å². The predicted molar refractivity (Wildman–Crippen MR) is 147 cm³/mol. The molecule has 0 radical (unpaired) electrons. The van der Waals surface area contributed by atoms with Gasteiger partial charge in [-0.25, -0.2) is 26.3 Å². The third kappa shape index (κ3) is 6.35. The Labute approximate surface area is 238 Å². The van der Waals surface area contributed by atoms with Crippen molar-refractivity contribution in [2.45, 2.75) is 81.4 Å². The number of alkyl halides is 1. The van der Waals surface area contributed by atoms with Gasteiger partial charge in [0.25, 0.3) is 5.91 Å². The van der Waals surface area contributed by atoms with E-state index >= 15 is 4.39 Å². The number of rotatable bonds is 10. The zero-order chi connectivity index (χ0) is 28.9. The van der Waals surface area contributed by atoms with Crippen LogP contribution in [0.1, 0.15) is 91.4 Å². The predicted octanol–water partition coefficient (Wildman–Crippen LogP) is 6.19.